The van der Waals surface area contributed by atoms with E-state index >= 15 is 0 Å². The normalized spacial score (nSPS) is 11.5. The van der Waals surface area contributed by atoms with Gasteiger partial charge >= 0.3 is 0 Å². The molecule has 2 rings (SSSR count). The fraction of sp³-hybridized carbons (Fsp3) is 0.552. The number of ketones is 1. The maximum Gasteiger partial charge on any atom is 0.298 e. The summed E-state index contributed by atoms with van der Waals surface area (Å²) < 4.78 is 39.1. The van der Waals surface area contributed by atoms with Crippen LogP contribution >= 0.6 is 0 Å². The maximum absolute atomic E-state index is 12.7. The van der Waals surface area contributed by atoms with Crippen LogP contribution in [0.15, 0.2) is 47.4 Å². The van der Waals surface area contributed by atoms with Gasteiger partial charge in [0.1, 0.15) is 16.4 Å². The van der Waals surface area contributed by atoms with Crippen molar-refractivity contribution in [1.29, 1.82) is 0 Å². The van der Waals surface area contributed by atoms with Gasteiger partial charge in [-0.3, -0.25) is 9.35 Å². The van der Waals surface area contributed by atoms with E-state index in [-0.39, 0.29) is 17.9 Å². The van der Waals surface area contributed by atoms with Crippen LogP contribution < -0.4 is 4.74 Å². The van der Waals surface area contributed by atoms with Crippen LogP contribution in [0.4, 0.5) is 0 Å². The summed E-state index contributed by atoms with van der Waals surface area (Å²) in [6, 6.07) is 10.3. The third-order valence-electron chi connectivity index (χ3n) is 6.38. The predicted octanol–water partition coefficient (Wildman–Crippen LogP) is 7.73. The van der Waals surface area contributed by atoms with Crippen molar-refractivity contribution in [1.82, 2.24) is 0 Å². The molecule has 2 aromatic rings. The van der Waals surface area contributed by atoms with Crippen molar-refractivity contribution in [2.24, 2.45) is 0 Å². The number of benzene rings is 2. The van der Waals surface area contributed by atoms with Gasteiger partial charge in [-0.05, 0) is 12.5 Å². The molecular weight excluding hydrogens is 476 g/mol. The average Bonchev–Trinajstić information content (AvgIpc) is 2.86. The quantitative estimate of drug-likeness (QED) is 0.112. The van der Waals surface area contributed by atoms with Gasteiger partial charge in [-0.2, -0.15) is 8.42 Å². The monoisotopic (exact) mass is 518 g/mol. The van der Waals surface area contributed by atoms with Gasteiger partial charge in [-0.25, -0.2) is 0 Å². The molecule has 0 amide bonds. The Morgan fingerprint density at radius 2 is 1.28 bits per heavy atom. The number of aromatic hydroxyl groups is 1. The summed E-state index contributed by atoms with van der Waals surface area (Å²) in [6.07, 6.45) is 17.2. The lowest BCUT2D eigenvalue weighted by Crippen LogP contribution is -2.09. The number of rotatable bonds is 19. The summed E-state index contributed by atoms with van der Waals surface area (Å²) in [5, 5.41) is 10.4. The van der Waals surface area contributed by atoms with Crippen LogP contribution in [-0.2, 0) is 10.1 Å². The molecule has 2 N–H and O–H groups in total. The van der Waals surface area contributed by atoms with E-state index in [1.54, 1.807) is 30.3 Å². The molecule has 0 aliphatic rings. The van der Waals surface area contributed by atoms with E-state index in [1.807, 2.05) is 0 Å². The van der Waals surface area contributed by atoms with Gasteiger partial charge in [0.05, 0.1) is 12.2 Å². The van der Waals surface area contributed by atoms with Crippen LogP contribution in [0.5, 0.6) is 11.5 Å². The summed E-state index contributed by atoms with van der Waals surface area (Å²) in [5.41, 5.74) is 0.0860. The van der Waals surface area contributed by atoms with Crippen molar-refractivity contribution in [3.8, 4) is 11.5 Å². The minimum atomic E-state index is -4.65. The van der Waals surface area contributed by atoms with E-state index in [9.17, 15) is 22.9 Å². The van der Waals surface area contributed by atoms with Gasteiger partial charge in [0, 0.05) is 11.6 Å². The number of ether oxygens (including phenoxy) is 1. The molecule has 0 atom stereocenters. The van der Waals surface area contributed by atoms with Crippen LogP contribution in [0.3, 0.4) is 0 Å². The Morgan fingerprint density at radius 3 is 1.78 bits per heavy atom. The topological polar surface area (TPSA) is 101 Å². The summed E-state index contributed by atoms with van der Waals surface area (Å²) in [6.45, 7) is 2.50. The van der Waals surface area contributed by atoms with Gasteiger partial charge in [0.15, 0.2) is 5.78 Å². The Morgan fingerprint density at radius 1 is 0.778 bits per heavy atom. The summed E-state index contributed by atoms with van der Waals surface area (Å²) in [5.74, 6) is -1.10. The van der Waals surface area contributed by atoms with Crippen molar-refractivity contribution >= 4 is 15.9 Å². The van der Waals surface area contributed by atoms with Crippen molar-refractivity contribution in [3.63, 3.8) is 0 Å². The van der Waals surface area contributed by atoms with Crippen LogP contribution in [0.1, 0.15) is 113 Å². The Balaban J connectivity index is 1.72. The highest BCUT2D eigenvalue weighted by molar-refractivity contribution is 7.86. The standard InChI is InChI=1S/C29H42O6S/c1-2-3-4-5-6-7-8-9-10-11-12-13-14-18-21-35-27-23-26(30)25(22-28(27)36(32,33)34)29(31)24-19-16-15-17-20-24/h15-17,19-20,22-23,30H,2-14,18,21H2,1H3,(H,32,33,34). The van der Waals surface area contributed by atoms with Crippen LogP contribution in [0, 0.1) is 0 Å². The molecule has 0 saturated heterocycles. The fourth-order valence-electron chi connectivity index (χ4n) is 4.27. The van der Waals surface area contributed by atoms with Gasteiger partial charge in [-0.15, -0.1) is 0 Å². The minimum absolute atomic E-state index is 0.158. The number of phenols is 1. The van der Waals surface area contributed by atoms with Gasteiger partial charge < -0.3 is 9.84 Å². The van der Waals surface area contributed by atoms with Crippen LogP contribution in [-0.4, -0.2) is 30.5 Å². The van der Waals surface area contributed by atoms with E-state index in [4.69, 9.17) is 4.74 Å². The molecule has 0 aliphatic carbocycles. The molecule has 36 heavy (non-hydrogen) atoms. The van der Waals surface area contributed by atoms with Crippen molar-refractivity contribution < 1.29 is 27.6 Å². The second-order valence-electron chi connectivity index (χ2n) is 9.43. The first-order chi connectivity index (χ1) is 17.3. The highest BCUT2D eigenvalue weighted by Gasteiger charge is 2.24. The lowest BCUT2D eigenvalue weighted by molar-refractivity contribution is 0.103. The predicted molar refractivity (Wildman–Crippen MR) is 144 cm³/mol. The lowest BCUT2D eigenvalue weighted by atomic mass is 10.0. The molecule has 0 saturated carbocycles. The van der Waals surface area contributed by atoms with Crippen LogP contribution in [0.25, 0.3) is 0 Å². The number of carbonyl (C=O) groups is 1. The molecule has 0 unspecified atom stereocenters. The zero-order valence-corrected chi connectivity index (χ0v) is 22.4. The first kappa shape index (κ1) is 29.8. The SMILES string of the molecule is CCCCCCCCCCCCCCCCOc1cc(O)c(C(=O)c2ccccc2)cc1S(=O)(=O)O. The second kappa shape index (κ2) is 16.4. The Labute approximate surface area is 216 Å². The van der Waals surface area contributed by atoms with E-state index in [0.29, 0.717) is 5.56 Å². The zero-order valence-electron chi connectivity index (χ0n) is 21.6. The largest absolute Gasteiger partial charge is 0.507 e. The van der Waals surface area contributed by atoms with E-state index in [2.05, 4.69) is 6.92 Å². The van der Waals surface area contributed by atoms with Crippen molar-refractivity contribution in [2.75, 3.05) is 6.61 Å². The number of unbranched alkanes of at least 4 members (excludes halogenated alkanes) is 13. The van der Waals surface area contributed by atoms with Gasteiger partial charge in [0.2, 0.25) is 0 Å². The van der Waals surface area contributed by atoms with E-state index < -0.39 is 26.5 Å². The number of hydrogen-bond donors (Lipinski definition) is 2. The fourth-order valence-corrected chi connectivity index (χ4v) is 4.91. The number of phenolic OH excluding ortho intramolecular Hbond substituents is 1. The zero-order chi connectivity index (χ0) is 26.2. The first-order valence-corrected chi connectivity index (χ1v) is 14.9. The first-order valence-electron chi connectivity index (χ1n) is 13.4. The smallest absolute Gasteiger partial charge is 0.298 e. The van der Waals surface area contributed by atoms with E-state index in [0.717, 1.165) is 31.4 Å². The molecule has 200 valence electrons. The van der Waals surface area contributed by atoms with Crippen LogP contribution in [0.2, 0.25) is 0 Å². The lowest BCUT2D eigenvalue weighted by Gasteiger charge is -2.13. The minimum Gasteiger partial charge on any atom is -0.507 e. The highest BCUT2D eigenvalue weighted by atomic mass is 32.2. The Kier molecular flexibility index (Phi) is 13.6. The molecule has 0 aromatic heterocycles. The van der Waals surface area contributed by atoms with Gasteiger partial charge in [0.25, 0.3) is 10.1 Å². The Bertz CT molecular complexity index is 1020. The Hall–Kier alpha value is -2.38. The molecule has 0 bridgehead atoms. The third-order valence-corrected chi connectivity index (χ3v) is 7.25. The van der Waals surface area contributed by atoms with E-state index in [1.165, 1.54) is 70.6 Å². The average molecular weight is 519 g/mol. The third kappa shape index (κ3) is 10.7. The maximum atomic E-state index is 12.7. The van der Waals surface area contributed by atoms with Crippen molar-refractivity contribution in [3.05, 3.63) is 53.6 Å². The summed E-state index contributed by atoms with van der Waals surface area (Å²) in [7, 11) is -4.65. The number of hydrogen-bond acceptors (Lipinski definition) is 5. The second-order valence-corrected chi connectivity index (χ2v) is 10.8. The molecular formula is C29H42O6S. The molecule has 7 heteroatoms. The summed E-state index contributed by atoms with van der Waals surface area (Å²) in [4.78, 5) is 12.2. The van der Waals surface area contributed by atoms with Gasteiger partial charge in [-0.1, -0.05) is 121 Å². The molecule has 0 heterocycles. The molecule has 2 aromatic carbocycles. The number of carbonyl (C=O) groups excluding carboxylic acids is 1. The molecule has 6 nitrogen and oxygen atoms in total. The highest BCUT2D eigenvalue weighted by Crippen LogP contribution is 2.33. The molecule has 0 radical (unpaired) electrons. The molecule has 0 aliphatic heterocycles. The molecule has 0 spiro atoms. The summed E-state index contributed by atoms with van der Waals surface area (Å²) >= 11 is 0. The molecule has 0 fully saturated rings. The van der Waals surface area contributed by atoms with Crippen molar-refractivity contribution in [2.45, 2.75) is 102 Å².